The maximum absolute atomic E-state index is 13.8. The summed E-state index contributed by atoms with van der Waals surface area (Å²) in [4.78, 5) is 5.81. The summed E-state index contributed by atoms with van der Waals surface area (Å²) in [6, 6.07) is 10.5. The highest BCUT2D eigenvalue weighted by Gasteiger charge is 2.10. The van der Waals surface area contributed by atoms with Crippen LogP contribution < -0.4 is 15.4 Å². The Morgan fingerprint density at radius 1 is 1.23 bits per heavy atom. The minimum atomic E-state index is -0.373. The predicted octanol–water partition coefficient (Wildman–Crippen LogP) is 3.65. The largest absolute Gasteiger partial charge is 0.486 e. The van der Waals surface area contributed by atoms with E-state index in [2.05, 4.69) is 31.9 Å². The fourth-order valence-electron chi connectivity index (χ4n) is 2.54. The molecule has 10 heteroatoms. The summed E-state index contributed by atoms with van der Waals surface area (Å²) >= 11 is 1.67. The number of nitrogens with zero attached hydrogens (tertiary/aromatic N) is 4. The molecular weight excluding hydrogens is 518 g/mol. The smallest absolute Gasteiger partial charge is 0.192 e. The lowest BCUT2D eigenvalue weighted by Crippen LogP contribution is -2.41. The molecule has 3 rings (SSSR count). The molecule has 1 atom stereocenters. The van der Waals surface area contributed by atoms with E-state index in [-0.39, 0.29) is 41.6 Å². The van der Waals surface area contributed by atoms with Gasteiger partial charge in [0.15, 0.2) is 23.4 Å². The summed E-state index contributed by atoms with van der Waals surface area (Å²) < 4.78 is 21.4. The number of hydrogen-bond acceptors (Lipinski definition) is 5. The number of aliphatic imine (C=N–C) groups is 1. The Bertz CT molecular complexity index is 947. The highest BCUT2D eigenvalue weighted by molar-refractivity contribution is 14.0. The van der Waals surface area contributed by atoms with Gasteiger partial charge < -0.3 is 19.9 Å². The molecule has 0 bridgehead atoms. The zero-order valence-corrected chi connectivity index (χ0v) is 20.3. The molecule has 0 aliphatic rings. The summed E-state index contributed by atoms with van der Waals surface area (Å²) in [7, 11) is 1.91. The fraction of sp³-hybridized carbons (Fsp3) is 0.350. The average molecular weight is 544 g/mol. The molecule has 2 heterocycles. The molecule has 0 spiro atoms. The first-order valence-corrected chi connectivity index (χ1v) is 10.2. The van der Waals surface area contributed by atoms with Crippen LogP contribution in [0.15, 0.2) is 46.8 Å². The van der Waals surface area contributed by atoms with Gasteiger partial charge in [-0.1, -0.05) is 18.2 Å². The third-order valence-electron chi connectivity index (χ3n) is 4.29. The maximum atomic E-state index is 13.8. The molecule has 30 heavy (non-hydrogen) atoms. The average Bonchev–Trinajstić information content (AvgIpc) is 3.34. The summed E-state index contributed by atoms with van der Waals surface area (Å²) in [6.07, 6.45) is -0.252. The Balaban J connectivity index is 0.00000320. The first-order valence-electron chi connectivity index (χ1n) is 9.33. The van der Waals surface area contributed by atoms with Gasteiger partial charge in [0.2, 0.25) is 0 Å². The number of benzene rings is 1. The third-order valence-corrected chi connectivity index (χ3v) is 5.17. The Morgan fingerprint density at radius 2 is 2.03 bits per heavy atom. The van der Waals surface area contributed by atoms with Crippen molar-refractivity contribution in [3.63, 3.8) is 0 Å². The van der Waals surface area contributed by atoms with Crippen LogP contribution in [-0.4, -0.2) is 33.4 Å². The van der Waals surface area contributed by atoms with Crippen LogP contribution in [0.5, 0.6) is 5.75 Å². The number of thiophene rings is 1. The molecule has 162 valence electrons. The van der Waals surface area contributed by atoms with E-state index in [0.29, 0.717) is 25.6 Å². The topological polar surface area (TPSA) is 76.4 Å². The zero-order chi connectivity index (χ0) is 20.6. The van der Waals surface area contributed by atoms with Gasteiger partial charge in [0.05, 0.1) is 13.1 Å². The Labute approximate surface area is 196 Å². The van der Waals surface area contributed by atoms with Crippen LogP contribution >= 0.6 is 35.3 Å². The van der Waals surface area contributed by atoms with Crippen molar-refractivity contribution in [2.24, 2.45) is 12.0 Å². The molecule has 1 unspecified atom stereocenters. The van der Waals surface area contributed by atoms with Gasteiger partial charge in [-0.05, 0) is 37.4 Å². The minimum Gasteiger partial charge on any atom is -0.486 e. The number of aryl methyl sites for hydroxylation is 1. The molecule has 2 N–H and O–H groups in total. The molecular formula is C20H26FIN6OS. The van der Waals surface area contributed by atoms with E-state index in [4.69, 9.17) is 4.74 Å². The maximum Gasteiger partial charge on any atom is 0.192 e. The van der Waals surface area contributed by atoms with Crippen LogP contribution in [0.1, 0.15) is 23.4 Å². The van der Waals surface area contributed by atoms with Crippen LogP contribution in [0.3, 0.4) is 0 Å². The number of rotatable bonds is 8. The molecule has 0 saturated carbocycles. The molecule has 2 aromatic heterocycles. The third kappa shape index (κ3) is 6.94. The predicted molar refractivity (Wildman–Crippen MR) is 128 cm³/mol. The molecule has 1 aromatic carbocycles. The van der Waals surface area contributed by atoms with Gasteiger partial charge in [0.25, 0.3) is 0 Å². The number of nitrogens with one attached hydrogen (secondary N) is 2. The normalized spacial score (nSPS) is 12.2. The Hall–Kier alpha value is -2.21. The van der Waals surface area contributed by atoms with Crippen LogP contribution in [0, 0.1) is 12.7 Å². The number of halogens is 2. The van der Waals surface area contributed by atoms with Crippen molar-refractivity contribution in [3.8, 4) is 5.75 Å². The molecule has 0 radical (unpaired) electrons. The summed E-state index contributed by atoms with van der Waals surface area (Å²) in [5.74, 6) is 2.10. The van der Waals surface area contributed by atoms with Gasteiger partial charge in [-0.15, -0.1) is 45.5 Å². The highest BCUT2D eigenvalue weighted by Crippen LogP contribution is 2.16. The quantitative estimate of drug-likeness (QED) is 0.257. The lowest BCUT2D eigenvalue weighted by Gasteiger charge is -2.18. The van der Waals surface area contributed by atoms with Gasteiger partial charge >= 0.3 is 0 Å². The van der Waals surface area contributed by atoms with E-state index in [9.17, 15) is 4.39 Å². The second-order valence-corrected chi connectivity index (χ2v) is 7.59. The Morgan fingerprint density at radius 3 is 2.70 bits per heavy atom. The van der Waals surface area contributed by atoms with Crippen molar-refractivity contribution >= 4 is 41.3 Å². The van der Waals surface area contributed by atoms with E-state index in [1.54, 1.807) is 29.5 Å². The summed E-state index contributed by atoms with van der Waals surface area (Å²) in [6.45, 7) is 5.28. The lowest BCUT2D eigenvalue weighted by molar-refractivity contribution is 0.214. The molecule has 3 aromatic rings. The number of aromatic nitrogens is 3. The monoisotopic (exact) mass is 544 g/mol. The fourth-order valence-corrected chi connectivity index (χ4v) is 3.18. The first kappa shape index (κ1) is 24.1. The van der Waals surface area contributed by atoms with Crippen LogP contribution in [0.4, 0.5) is 4.39 Å². The minimum absolute atomic E-state index is 0. The molecule has 0 aliphatic heterocycles. The molecule has 0 saturated heterocycles. The highest BCUT2D eigenvalue weighted by atomic mass is 127. The van der Waals surface area contributed by atoms with E-state index in [0.717, 1.165) is 11.6 Å². The molecule has 7 nitrogen and oxygen atoms in total. The summed E-state index contributed by atoms with van der Waals surface area (Å²) in [5.41, 5.74) is 0. The van der Waals surface area contributed by atoms with Crippen molar-refractivity contribution in [2.45, 2.75) is 33.0 Å². The standard InChI is InChI=1S/C20H25FN6OS.HI/c1-14(28-18-9-5-4-8-17(18)21)11-22-20(23-12-16-7-6-10-29-16)24-13-19-26-25-15(2)27(19)3;/h4-10,14H,11-13H2,1-3H3,(H2,22,23,24);1H. The number of ether oxygens (including phenoxy) is 1. The van der Waals surface area contributed by atoms with E-state index in [1.807, 2.05) is 36.9 Å². The van der Waals surface area contributed by atoms with Crippen LogP contribution in [0.25, 0.3) is 0 Å². The SMILES string of the molecule is Cc1nnc(CN=C(NCc2cccs2)NCC(C)Oc2ccccc2F)n1C.I. The van der Waals surface area contributed by atoms with Crippen molar-refractivity contribution in [2.75, 3.05) is 6.54 Å². The molecule has 0 fully saturated rings. The van der Waals surface area contributed by atoms with Gasteiger partial charge in [-0.2, -0.15) is 0 Å². The number of hydrogen-bond donors (Lipinski definition) is 2. The van der Waals surface area contributed by atoms with Crippen LogP contribution in [-0.2, 0) is 20.1 Å². The van der Waals surface area contributed by atoms with Gasteiger partial charge in [-0.25, -0.2) is 9.38 Å². The van der Waals surface area contributed by atoms with Gasteiger partial charge in [0, 0.05) is 11.9 Å². The van der Waals surface area contributed by atoms with Crippen molar-refractivity contribution < 1.29 is 9.13 Å². The molecule has 0 aliphatic carbocycles. The van der Waals surface area contributed by atoms with E-state index >= 15 is 0 Å². The molecule has 0 amide bonds. The van der Waals surface area contributed by atoms with Crippen LogP contribution in [0.2, 0.25) is 0 Å². The second kappa shape index (κ2) is 11.8. The summed E-state index contributed by atoms with van der Waals surface area (Å²) in [5, 5.41) is 16.8. The van der Waals surface area contributed by atoms with E-state index in [1.165, 1.54) is 10.9 Å². The second-order valence-electron chi connectivity index (χ2n) is 6.56. The number of guanidine groups is 1. The Kier molecular flexibility index (Phi) is 9.50. The van der Waals surface area contributed by atoms with Gasteiger partial charge in [0.1, 0.15) is 18.5 Å². The first-order chi connectivity index (χ1) is 14.0. The zero-order valence-electron chi connectivity index (χ0n) is 17.1. The van der Waals surface area contributed by atoms with E-state index < -0.39 is 0 Å². The lowest BCUT2D eigenvalue weighted by atomic mass is 10.3. The number of para-hydroxylation sites is 1. The van der Waals surface area contributed by atoms with Crippen molar-refractivity contribution in [3.05, 3.63) is 64.1 Å². The van der Waals surface area contributed by atoms with Crippen molar-refractivity contribution in [1.82, 2.24) is 25.4 Å². The van der Waals surface area contributed by atoms with Gasteiger partial charge in [-0.3, -0.25) is 0 Å². The van der Waals surface area contributed by atoms with Crippen molar-refractivity contribution in [1.29, 1.82) is 0 Å².